The molecule has 0 radical (unpaired) electrons. The van der Waals surface area contributed by atoms with E-state index in [0.717, 1.165) is 6.07 Å². The second-order valence-corrected chi connectivity index (χ2v) is 5.86. The molecule has 2 heterocycles. The number of aliphatic hydroxyl groups is 1. The van der Waals surface area contributed by atoms with Crippen LogP contribution in [-0.4, -0.2) is 28.1 Å². The number of pyridine rings is 1. The Hall–Kier alpha value is -1.92. The topological polar surface area (TPSA) is 36.4 Å². The standard InChI is InChI=1S/C17H17F3N2O/c18-14-5-1-3-12(15(14)19)11-22-9-6-17(23,7-10-22)13-4-2-8-21-16(13)20/h1-5,8,23H,6-7,9-11H2. The first-order valence-corrected chi connectivity index (χ1v) is 7.48. The third-order valence-electron chi connectivity index (χ3n) is 4.37. The van der Waals surface area contributed by atoms with Gasteiger partial charge in [-0.25, -0.2) is 13.8 Å². The van der Waals surface area contributed by atoms with Crippen molar-refractivity contribution >= 4 is 0 Å². The Morgan fingerprint density at radius 1 is 1.09 bits per heavy atom. The molecule has 1 aromatic carbocycles. The Kier molecular flexibility index (Phi) is 4.37. The van der Waals surface area contributed by atoms with Gasteiger partial charge in [-0.2, -0.15) is 4.39 Å². The summed E-state index contributed by atoms with van der Waals surface area (Å²) in [5.41, 5.74) is -0.797. The fraction of sp³-hybridized carbons (Fsp3) is 0.353. The zero-order chi connectivity index (χ0) is 16.4. The lowest BCUT2D eigenvalue weighted by atomic mass is 9.85. The lowest BCUT2D eigenvalue weighted by Crippen LogP contribution is -2.42. The van der Waals surface area contributed by atoms with Crippen molar-refractivity contribution in [3.8, 4) is 0 Å². The summed E-state index contributed by atoms with van der Waals surface area (Å²) in [7, 11) is 0. The number of hydrogen-bond acceptors (Lipinski definition) is 3. The number of nitrogens with zero attached hydrogens (tertiary/aromatic N) is 2. The zero-order valence-electron chi connectivity index (χ0n) is 12.5. The van der Waals surface area contributed by atoms with Gasteiger partial charge in [0.15, 0.2) is 11.6 Å². The van der Waals surface area contributed by atoms with E-state index in [1.165, 1.54) is 18.3 Å². The van der Waals surface area contributed by atoms with Crippen LogP contribution >= 0.6 is 0 Å². The van der Waals surface area contributed by atoms with E-state index in [1.807, 2.05) is 4.90 Å². The van der Waals surface area contributed by atoms with E-state index >= 15 is 0 Å². The highest BCUT2D eigenvalue weighted by Gasteiger charge is 2.36. The van der Waals surface area contributed by atoms with Crippen LogP contribution in [0.1, 0.15) is 24.0 Å². The van der Waals surface area contributed by atoms with Crippen LogP contribution in [0.5, 0.6) is 0 Å². The van der Waals surface area contributed by atoms with Gasteiger partial charge < -0.3 is 5.11 Å². The third-order valence-corrected chi connectivity index (χ3v) is 4.37. The largest absolute Gasteiger partial charge is 0.385 e. The van der Waals surface area contributed by atoms with Crippen LogP contribution in [0.25, 0.3) is 0 Å². The zero-order valence-corrected chi connectivity index (χ0v) is 12.5. The molecule has 1 N–H and O–H groups in total. The van der Waals surface area contributed by atoms with Gasteiger partial charge in [-0.1, -0.05) is 18.2 Å². The number of aromatic nitrogens is 1. The van der Waals surface area contributed by atoms with Crippen LogP contribution in [-0.2, 0) is 12.1 Å². The first kappa shape index (κ1) is 16.0. The summed E-state index contributed by atoms with van der Waals surface area (Å²) in [4.78, 5) is 5.49. The Morgan fingerprint density at radius 2 is 1.83 bits per heavy atom. The Labute approximate surface area is 132 Å². The lowest BCUT2D eigenvalue weighted by molar-refractivity contribution is -0.0309. The molecular weight excluding hydrogens is 305 g/mol. The van der Waals surface area contributed by atoms with Gasteiger partial charge in [-0.05, 0) is 25.0 Å². The number of hydrogen-bond donors (Lipinski definition) is 1. The molecule has 1 saturated heterocycles. The summed E-state index contributed by atoms with van der Waals surface area (Å²) in [5.74, 6) is -2.38. The molecule has 0 spiro atoms. The third kappa shape index (κ3) is 3.23. The minimum Gasteiger partial charge on any atom is -0.385 e. The fourth-order valence-corrected chi connectivity index (χ4v) is 3.00. The van der Waals surface area contributed by atoms with E-state index in [0.29, 0.717) is 25.9 Å². The Morgan fingerprint density at radius 3 is 2.52 bits per heavy atom. The van der Waals surface area contributed by atoms with E-state index in [2.05, 4.69) is 4.98 Å². The molecule has 23 heavy (non-hydrogen) atoms. The van der Waals surface area contributed by atoms with Crippen molar-refractivity contribution in [2.24, 2.45) is 0 Å². The summed E-state index contributed by atoms with van der Waals surface area (Å²) in [6.07, 6.45) is 1.96. The molecule has 1 aliphatic rings. The summed E-state index contributed by atoms with van der Waals surface area (Å²) >= 11 is 0. The molecule has 3 rings (SSSR count). The van der Waals surface area contributed by atoms with Crippen LogP contribution in [0, 0.1) is 17.6 Å². The summed E-state index contributed by atoms with van der Waals surface area (Å²) in [6.45, 7) is 1.18. The van der Waals surface area contributed by atoms with Gasteiger partial charge in [-0.15, -0.1) is 0 Å². The molecule has 0 amide bonds. The summed E-state index contributed by atoms with van der Waals surface area (Å²) in [5, 5.41) is 10.7. The summed E-state index contributed by atoms with van der Waals surface area (Å²) < 4.78 is 40.7. The Bertz CT molecular complexity index is 700. The van der Waals surface area contributed by atoms with Crippen molar-refractivity contribution in [2.45, 2.75) is 25.0 Å². The van der Waals surface area contributed by atoms with Gasteiger partial charge in [-0.3, -0.25) is 4.90 Å². The van der Waals surface area contributed by atoms with Crippen molar-refractivity contribution < 1.29 is 18.3 Å². The van der Waals surface area contributed by atoms with Crippen molar-refractivity contribution in [3.63, 3.8) is 0 Å². The molecule has 2 aromatic rings. The molecule has 6 heteroatoms. The molecular formula is C17H17F3N2O. The van der Waals surface area contributed by atoms with Gasteiger partial charge in [0, 0.05) is 37.0 Å². The highest BCUT2D eigenvalue weighted by atomic mass is 19.2. The SMILES string of the molecule is OC1(c2cccnc2F)CCN(Cc2cccc(F)c2F)CC1. The van der Waals surface area contributed by atoms with Gasteiger partial charge in [0.2, 0.25) is 5.95 Å². The molecule has 0 atom stereocenters. The molecule has 3 nitrogen and oxygen atoms in total. The van der Waals surface area contributed by atoms with Crippen LogP contribution in [0.4, 0.5) is 13.2 Å². The maximum absolute atomic E-state index is 13.8. The van der Waals surface area contributed by atoms with Crippen molar-refractivity contribution in [1.29, 1.82) is 0 Å². The predicted molar refractivity (Wildman–Crippen MR) is 79.0 cm³/mol. The minimum absolute atomic E-state index is 0.191. The second-order valence-electron chi connectivity index (χ2n) is 5.86. The quantitative estimate of drug-likeness (QED) is 0.883. The number of piperidine rings is 1. The maximum atomic E-state index is 13.8. The molecule has 1 fully saturated rings. The van der Waals surface area contributed by atoms with Crippen molar-refractivity contribution in [1.82, 2.24) is 9.88 Å². The van der Waals surface area contributed by atoms with Crippen LogP contribution in [0.2, 0.25) is 0 Å². The molecule has 1 aliphatic heterocycles. The first-order valence-electron chi connectivity index (χ1n) is 7.48. The van der Waals surface area contributed by atoms with E-state index in [1.54, 1.807) is 12.1 Å². The average Bonchev–Trinajstić information content (AvgIpc) is 2.54. The summed E-state index contributed by atoms with van der Waals surface area (Å²) in [6, 6.07) is 7.22. The first-order chi connectivity index (χ1) is 11.0. The predicted octanol–water partition coefficient (Wildman–Crippen LogP) is 2.98. The second kappa shape index (κ2) is 6.29. The fourth-order valence-electron chi connectivity index (χ4n) is 3.00. The van der Waals surface area contributed by atoms with E-state index in [9.17, 15) is 18.3 Å². The van der Waals surface area contributed by atoms with Crippen LogP contribution in [0.15, 0.2) is 36.5 Å². The smallest absolute Gasteiger partial charge is 0.218 e. The molecule has 0 saturated carbocycles. The molecule has 0 aliphatic carbocycles. The molecule has 0 unspecified atom stereocenters. The number of likely N-dealkylation sites (tertiary alicyclic amines) is 1. The lowest BCUT2D eigenvalue weighted by Gasteiger charge is -2.38. The normalized spacial score (nSPS) is 18.1. The molecule has 1 aromatic heterocycles. The van der Waals surface area contributed by atoms with Crippen molar-refractivity contribution in [3.05, 3.63) is 65.2 Å². The number of halogens is 3. The highest BCUT2D eigenvalue weighted by Crippen LogP contribution is 2.34. The van der Waals surface area contributed by atoms with Crippen LogP contribution in [0.3, 0.4) is 0 Å². The van der Waals surface area contributed by atoms with Crippen molar-refractivity contribution in [2.75, 3.05) is 13.1 Å². The number of benzene rings is 1. The van der Waals surface area contributed by atoms with E-state index < -0.39 is 23.2 Å². The van der Waals surface area contributed by atoms with Gasteiger partial charge in [0.05, 0.1) is 5.60 Å². The van der Waals surface area contributed by atoms with Gasteiger partial charge in [0.1, 0.15) is 0 Å². The van der Waals surface area contributed by atoms with Crippen LogP contribution < -0.4 is 0 Å². The number of rotatable bonds is 3. The van der Waals surface area contributed by atoms with E-state index in [4.69, 9.17) is 0 Å². The van der Waals surface area contributed by atoms with Gasteiger partial charge in [0.25, 0.3) is 0 Å². The maximum Gasteiger partial charge on any atom is 0.218 e. The minimum atomic E-state index is -1.27. The van der Waals surface area contributed by atoms with Gasteiger partial charge >= 0.3 is 0 Å². The Balaban J connectivity index is 1.69. The monoisotopic (exact) mass is 322 g/mol. The molecule has 122 valence electrons. The highest BCUT2D eigenvalue weighted by molar-refractivity contribution is 5.22. The van der Waals surface area contributed by atoms with E-state index in [-0.39, 0.29) is 17.7 Å². The molecule has 0 bridgehead atoms. The average molecular weight is 322 g/mol.